The van der Waals surface area contributed by atoms with Crippen molar-refractivity contribution in [1.82, 2.24) is 5.32 Å². The minimum atomic E-state index is -0.112. The van der Waals surface area contributed by atoms with Crippen LogP contribution in [0.25, 0.3) is 0 Å². The molecule has 4 heteroatoms. The Morgan fingerprint density at radius 1 is 1.53 bits per heavy atom. The molecule has 0 bridgehead atoms. The van der Waals surface area contributed by atoms with Gasteiger partial charge in [0.15, 0.2) is 0 Å². The molecule has 0 saturated carbocycles. The van der Waals surface area contributed by atoms with Crippen LogP contribution in [0, 0.1) is 0 Å². The second kappa shape index (κ2) is 6.03. The molecule has 4 nitrogen and oxygen atoms in total. The topological polar surface area (TPSA) is 64.3 Å². The van der Waals surface area contributed by atoms with Crippen molar-refractivity contribution in [3.63, 3.8) is 0 Å². The summed E-state index contributed by atoms with van der Waals surface area (Å²) < 4.78 is 4.97. The third-order valence-electron chi connectivity index (χ3n) is 1.88. The third-order valence-corrected chi connectivity index (χ3v) is 1.88. The Bertz CT molecular complexity index is 326. The molecule has 1 aromatic rings. The fourth-order valence-electron chi connectivity index (χ4n) is 1.15. The lowest BCUT2D eigenvalue weighted by Gasteiger charge is -2.05. The molecule has 0 fully saturated rings. The SMILES string of the molecule is CCOCC(=O)NCc1cccc(N)c1. The molecule has 3 N–H and O–H groups in total. The predicted octanol–water partition coefficient (Wildman–Crippen LogP) is 0.921. The average molecular weight is 208 g/mol. The summed E-state index contributed by atoms with van der Waals surface area (Å²) in [6, 6.07) is 7.42. The van der Waals surface area contributed by atoms with E-state index in [0.717, 1.165) is 5.56 Å². The van der Waals surface area contributed by atoms with Crippen LogP contribution in [0.1, 0.15) is 12.5 Å². The molecule has 0 heterocycles. The molecular formula is C11H16N2O2. The van der Waals surface area contributed by atoms with Crippen LogP contribution in [0.3, 0.4) is 0 Å². The molecule has 1 amide bonds. The van der Waals surface area contributed by atoms with E-state index in [4.69, 9.17) is 10.5 Å². The number of benzene rings is 1. The normalized spacial score (nSPS) is 9.93. The first kappa shape index (κ1) is 11.5. The zero-order valence-corrected chi connectivity index (χ0v) is 8.82. The summed E-state index contributed by atoms with van der Waals surface area (Å²) in [6.07, 6.45) is 0. The van der Waals surface area contributed by atoms with E-state index in [0.29, 0.717) is 18.8 Å². The van der Waals surface area contributed by atoms with Gasteiger partial charge in [-0.1, -0.05) is 12.1 Å². The Labute approximate surface area is 89.4 Å². The summed E-state index contributed by atoms with van der Waals surface area (Å²) in [5.74, 6) is -0.112. The minimum absolute atomic E-state index is 0.110. The first-order valence-electron chi connectivity index (χ1n) is 4.91. The van der Waals surface area contributed by atoms with Crippen molar-refractivity contribution in [1.29, 1.82) is 0 Å². The fraction of sp³-hybridized carbons (Fsp3) is 0.364. The molecule has 0 aromatic heterocycles. The van der Waals surface area contributed by atoms with E-state index in [1.54, 1.807) is 0 Å². The number of amides is 1. The fourth-order valence-corrected chi connectivity index (χ4v) is 1.15. The van der Waals surface area contributed by atoms with E-state index in [1.165, 1.54) is 0 Å². The molecule has 0 aliphatic rings. The predicted molar refractivity (Wildman–Crippen MR) is 59.2 cm³/mol. The van der Waals surface area contributed by atoms with Gasteiger partial charge in [-0.25, -0.2) is 0 Å². The van der Waals surface area contributed by atoms with Gasteiger partial charge < -0.3 is 15.8 Å². The monoisotopic (exact) mass is 208 g/mol. The highest BCUT2D eigenvalue weighted by Gasteiger charge is 2.00. The van der Waals surface area contributed by atoms with Crippen LogP contribution < -0.4 is 11.1 Å². The molecule has 0 radical (unpaired) electrons. The van der Waals surface area contributed by atoms with Gasteiger partial charge in [-0.05, 0) is 24.6 Å². The van der Waals surface area contributed by atoms with Crippen molar-refractivity contribution in [2.24, 2.45) is 0 Å². The van der Waals surface area contributed by atoms with Crippen molar-refractivity contribution < 1.29 is 9.53 Å². The van der Waals surface area contributed by atoms with Crippen LogP contribution >= 0.6 is 0 Å². The Balaban J connectivity index is 2.33. The van der Waals surface area contributed by atoms with Gasteiger partial charge in [0.25, 0.3) is 0 Å². The summed E-state index contributed by atoms with van der Waals surface area (Å²) >= 11 is 0. The lowest BCUT2D eigenvalue weighted by atomic mass is 10.2. The summed E-state index contributed by atoms with van der Waals surface area (Å²) in [7, 11) is 0. The average Bonchev–Trinajstić information content (AvgIpc) is 2.23. The molecular weight excluding hydrogens is 192 g/mol. The zero-order valence-electron chi connectivity index (χ0n) is 8.82. The Morgan fingerprint density at radius 2 is 2.33 bits per heavy atom. The van der Waals surface area contributed by atoms with Crippen LogP contribution in [-0.2, 0) is 16.1 Å². The summed E-state index contributed by atoms with van der Waals surface area (Å²) in [5.41, 5.74) is 7.29. The first-order chi connectivity index (χ1) is 7.22. The van der Waals surface area contributed by atoms with Crippen LogP contribution in [0.15, 0.2) is 24.3 Å². The van der Waals surface area contributed by atoms with E-state index < -0.39 is 0 Å². The highest BCUT2D eigenvalue weighted by atomic mass is 16.5. The quantitative estimate of drug-likeness (QED) is 0.707. The van der Waals surface area contributed by atoms with Crippen molar-refractivity contribution in [2.75, 3.05) is 18.9 Å². The largest absolute Gasteiger partial charge is 0.399 e. The maximum atomic E-state index is 11.2. The number of nitrogens with two attached hydrogens (primary N) is 1. The van der Waals surface area contributed by atoms with Crippen molar-refractivity contribution in [2.45, 2.75) is 13.5 Å². The smallest absolute Gasteiger partial charge is 0.246 e. The number of carbonyl (C=O) groups excluding carboxylic acids is 1. The minimum Gasteiger partial charge on any atom is -0.399 e. The van der Waals surface area contributed by atoms with Crippen LogP contribution in [0.4, 0.5) is 5.69 Å². The van der Waals surface area contributed by atoms with Gasteiger partial charge >= 0.3 is 0 Å². The maximum Gasteiger partial charge on any atom is 0.246 e. The number of carbonyl (C=O) groups is 1. The van der Waals surface area contributed by atoms with Gasteiger partial charge in [-0.15, -0.1) is 0 Å². The van der Waals surface area contributed by atoms with Crippen LogP contribution in [0.2, 0.25) is 0 Å². The molecule has 0 aliphatic heterocycles. The number of nitrogen functional groups attached to an aromatic ring is 1. The van der Waals surface area contributed by atoms with Gasteiger partial charge in [0, 0.05) is 18.8 Å². The number of hydrogen-bond donors (Lipinski definition) is 2. The van der Waals surface area contributed by atoms with Crippen molar-refractivity contribution >= 4 is 11.6 Å². The molecule has 1 aromatic carbocycles. The Hall–Kier alpha value is -1.55. The van der Waals surface area contributed by atoms with Crippen LogP contribution in [-0.4, -0.2) is 19.1 Å². The number of hydrogen-bond acceptors (Lipinski definition) is 3. The molecule has 0 spiro atoms. The summed E-state index contributed by atoms with van der Waals surface area (Å²) in [6.45, 7) is 2.99. The number of anilines is 1. The lowest BCUT2D eigenvalue weighted by Crippen LogP contribution is -2.27. The van der Waals surface area contributed by atoms with E-state index >= 15 is 0 Å². The molecule has 0 unspecified atom stereocenters. The van der Waals surface area contributed by atoms with Gasteiger partial charge in [-0.3, -0.25) is 4.79 Å². The number of ether oxygens (including phenoxy) is 1. The highest BCUT2D eigenvalue weighted by Crippen LogP contribution is 2.05. The van der Waals surface area contributed by atoms with Gasteiger partial charge in [0.05, 0.1) is 0 Å². The van der Waals surface area contributed by atoms with Crippen molar-refractivity contribution in [3.8, 4) is 0 Å². The summed E-state index contributed by atoms with van der Waals surface area (Å²) in [5, 5.41) is 2.74. The van der Waals surface area contributed by atoms with Crippen molar-refractivity contribution in [3.05, 3.63) is 29.8 Å². The Kier molecular flexibility index (Phi) is 4.63. The van der Waals surface area contributed by atoms with E-state index in [1.807, 2.05) is 31.2 Å². The van der Waals surface area contributed by atoms with Gasteiger partial charge in [0.2, 0.25) is 5.91 Å². The standard InChI is InChI=1S/C11H16N2O2/c1-2-15-8-11(14)13-7-9-4-3-5-10(12)6-9/h3-6H,2,7-8,12H2,1H3,(H,13,14). The number of rotatable bonds is 5. The maximum absolute atomic E-state index is 11.2. The zero-order chi connectivity index (χ0) is 11.1. The van der Waals surface area contributed by atoms with E-state index in [-0.39, 0.29) is 12.5 Å². The van der Waals surface area contributed by atoms with Gasteiger partial charge in [0.1, 0.15) is 6.61 Å². The molecule has 15 heavy (non-hydrogen) atoms. The third kappa shape index (κ3) is 4.46. The molecule has 0 saturated heterocycles. The van der Waals surface area contributed by atoms with E-state index in [2.05, 4.69) is 5.32 Å². The Morgan fingerprint density at radius 3 is 3.00 bits per heavy atom. The highest BCUT2D eigenvalue weighted by molar-refractivity contribution is 5.77. The second-order valence-electron chi connectivity index (χ2n) is 3.16. The van der Waals surface area contributed by atoms with Gasteiger partial charge in [-0.2, -0.15) is 0 Å². The molecule has 0 aliphatic carbocycles. The molecule has 82 valence electrons. The first-order valence-corrected chi connectivity index (χ1v) is 4.91. The summed E-state index contributed by atoms with van der Waals surface area (Å²) in [4.78, 5) is 11.2. The molecule has 0 atom stereocenters. The van der Waals surface area contributed by atoms with E-state index in [9.17, 15) is 4.79 Å². The molecule has 1 rings (SSSR count). The second-order valence-corrected chi connectivity index (χ2v) is 3.16. The lowest BCUT2D eigenvalue weighted by molar-refractivity contribution is -0.125. The van der Waals surface area contributed by atoms with Crippen LogP contribution in [0.5, 0.6) is 0 Å². The number of nitrogens with one attached hydrogen (secondary N) is 1.